The minimum atomic E-state index is -3.56. The van der Waals surface area contributed by atoms with Crippen LogP contribution in [0.1, 0.15) is 73.1 Å². The Morgan fingerprint density at radius 3 is 2.33 bits per heavy atom. The standard InChI is InChI=1S/C31H48N6O2S/c1-6-8-20-32-30(7-2)37-31(35-23(3)4)36-24(5)33-21-25-16-18-26(19-17-25)22-34-40(38,39)29-15-11-13-27-12-9-10-14-28(27)29/h7,9-15,23,25-26,32,34H,6,8,16-22H2,1-5H3,(H2,33,35,36,37). The topological polar surface area (TPSA) is 107 Å². The average Bonchev–Trinajstić information content (AvgIpc) is 2.94. The van der Waals surface area contributed by atoms with Crippen LogP contribution in [-0.2, 0) is 10.0 Å². The number of nitrogens with one attached hydrogen (secondary N) is 4. The van der Waals surface area contributed by atoms with Crippen molar-refractivity contribution in [3.05, 3.63) is 54.4 Å². The van der Waals surface area contributed by atoms with Crippen LogP contribution >= 0.6 is 0 Å². The van der Waals surface area contributed by atoms with Gasteiger partial charge in [-0.1, -0.05) is 49.7 Å². The number of allylic oxidation sites excluding steroid dienone is 1. The monoisotopic (exact) mass is 568 g/mol. The van der Waals surface area contributed by atoms with E-state index in [4.69, 9.17) is 9.98 Å². The van der Waals surface area contributed by atoms with E-state index in [1.165, 1.54) is 0 Å². The number of amidine groups is 1. The van der Waals surface area contributed by atoms with Gasteiger partial charge in [0.2, 0.25) is 16.0 Å². The molecule has 0 spiro atoms. The van der Waals surface area contributed by atoms with Crippen molar-refractivity contribution >= 4 is 32.6 Å². The molecular weight excluding hydrogens is 520 g/mol. The van der Waals surface area contributed by atoms with E-state index in [1.807, 2.05) is 50.3 Å². The lowest BCUT2D eigenvalue weighted by atomic mass is 9.82. The predicted molar refractivity (Wildman–Crippen MR) is 168 cm³/mol. The molecule has 0 saturated heterocycles. The minimum absolute atomic E-state index is 0.220. The van der Waals surface area contributed by atoms with Crippen LogP contribution < -0.4 is 20.7 Å². The number of hydrogen-bond acceptors (Lipinski definition) is 4. The zero-order valence-corrected chi connectivity index (χ0v) is 25.7. The van der Waals surface area contributed by atoms with E-state index in [2.05, 4.69) is 41.4 Å². The molecule has 0 amide bonds. The largest absolute Gasteiger partial charge is 0.373 e. The first-order chi connectivity index (χ1) is 19.2. The molecular formula is C31H48N6O2S. The summed E-state index contributed by atoms with van der Waals surface area (Å²) in [4.78, 5) is 9.78. The summed E-state index contributed by atoms with van der Waals surface area (Å²) in [6.45, 7) is 12.5. The highest BCUT2D eigenvalue weighted by Crippen LogP contribution is 2.29. The number of guanidine groups is 1. The van der Waals surface area contributed by atoms with Gasteiger partial charge in [0.1, 0.15) is 11.7 Å². The lowest BCUT2D eigenvalue weighted by Crippen LogP contribution is -2.35. The van der Waals surface area contributed by atoms with E-state index in [-0.39, 0.29) is 6.04 Å². The summed E-state index contributed by atoms with van der Waals surface area (Å²) in [7, 11) is -3.56. The van der Waals surface area contributed by atoms with Crippen LogP contribution in [0.4, 0.5) is 0 Å². The molecule has 0 aliphatic heterocycles. The summed E-state index contributed by atoms with van der Waals surface area (Å²) in [5.74, 6) is 3.14. The number of rotatable bonds is 12. The summed E-state index contributed by atoms with van der Waals surface area (Å²) < 4.78 is 29.0. The number of unbranched alkanes of at least 4 members (excludes halogenated alkanes) is 1. The van der Waals surface area contributed by atoms with Gasteiger partial charge in [0.05, 0.1) is 4.90 Å². The highest BCUT2D eigenvalue weighted by Gasteiger charge is 2.24. The van der Waals surface area contributed by atoms with Gasteiger partial charge < -0.3 is 16.0 Å². The van der Waals surface area contributed by atoms with Crippen LogP contribution in [-0.4, -0.2) is 45.9 Å². The SMILES string of the molecule is CC=C(/N=C(\N=C(/C)NCC1CCC(CNS(=O)(=O)c2cccc3ccccc23)CC1)NC(C)C)NCCCC. The second kappa shape index (κ2) is 15.8. The lowest BCUT2D eigenvalue weighted by Gasteiger charge is -2.29. The second-order valence-corrected chi connectivity index (χ2v) is 12.7. The first-order valence-electron chi connectivity index (χ1n) is 14.7. The number of nitrogens with zero attached hydrogens (tertiary/aromatic N) is 2. The predicted octanol–water partition coefficient (Wildman–Crippen LogP) is 5.54. The van der Waals surface area contributed by atoms with Crippen LogP contribution in [0.5, 0.6) is 0 Å². The van der Waals surface area contributed by atoms with Gasteiger partial charge in [-0.15, -0.1) is 0 Å². The molecule has 1 aliphatic carbocycles. The van der Waals surface area contributed by atoms with Crippen molar-refractivity contribution in [1.82, 2.24) is 20.7 Å². The molecule has 220 valence electrons. The fraction of sp³-hybridized carbons (Fsp3) is 0.548. The molecule has 9 heteroatoms. The second-order valence-electron chi connectivity index (χ2n) is 11.0. The van der Waals surface area contributed by atoms with Gasteiger partial charge in [0, 0.05) is 31.1 Å². The third-order valence-corrected chi connectivity index (χ3v) is 8.72. The maximum atomic E-state index is 13.1. The quantitative estimate of drug-likeness (QED) is 0.153. The maximum Gasteiger partial charge on any atom is 0.241 e. The van der Waals surface area contributed by atoms with Crippen molar-refractivity contribution in [2.45, 2.75) is 84.1 Å². The van der Waals surface area contributed by atoms with Gasteiger partial charge in [0.25, 0.3) is 0 Å². The molecule has 40 heavy (non-hydrogen) atoms. The Kier molecular flexibility index (Phi) is 12.5. The van der Waals surface area contributed by atoms with Crippen molar-refractivity contribution in [3.63, 3.8) is 0 Å². The summed E-state index contributed by atoms with van der Waals surface area (Å²) in [6.07, 6.45) is 8.35. The molecule has 1 aliphatic rings. The van der Waals surface area contributed by atoms with Gasteiger partial charge in [0.15, 0.2) is 0 Å². The molecule has 0 unspecified atom stereocenters. The molecule has 8 nitrogen and oxygen atoms in total. The van der Waals surface area contributed by atoms with Crippen LogP contribution in [0.25, 0.3) is 10.8 Å². The molecule has 0 aromatic heterocycles. The summed E-state index contributed by atoms with van der Waals surface area (Å²) in [5.41, 5.74) is 0. The van der Waals surface area contributed by atoms with Crippen molar-refractivity contribution in [2.24, 2.45) is 21.8 Å². The molecule has 0 bridgehead atoms. The van der Waals surface area contributed by atoms with Gasteiger partial charge in [-0.05, 0) is 89.2 Å². The Morgan fingerprint density at radius 2 is 1.65 bits per heavy atom. The van der Waals surface area contributed by atoms with E-state index in [1.54, 1.807) is 12.1 Å². The highest BCUT2D eigenvalue weighted by atomic mass is 32.2. The first-order valence-corrected chi connectivity index (χ1v) is 16.2. The van der Waals surface area contributed by atoms with Crippen LogP contribution in [0, 0.1) is 11.8 Å². The van der Waals surface area contributed by atoms with Gasteiger partial charge in [-0.3, -0.25) is 0 Å². The first kappa shape index (κ1) is 31.6. The average molecular weight is 569 g/mol. The number of aliphatic imine (C=N–C) groups is 2. The summed E-state index contributed by atoms with van der Waals surface area (Å²) >= 11 is 0. The van der Waals surface area contributed by atoms with Crippen molar-refractivity contribution in [3.8, 4) is 0 Å². The number of fused-ring (bicyclic) bond motifs is 1. The van der Waals surface area contributed by atoms with E-state index >= 15 is 0 Å². The van der Waals surface area contributed by atoms with E-state index in [9.17, 15) is 8.42 Å². The Labute approximate surface area is 241 Å². The van der Waals surface area contributed by atoms with Gasteiger partial charge in [-0.25, -0.2) is 18.1 Å². The molecule has 0 atom stereocenters. The smallest absolute Gasteiger partial charge is 0.241 e. The molecule has 0 heterocycles. The summed E-state index contributed by atoms with van der Waals surface area (Å²) in [5, 5.41) is 11.9. The molecule has 1 fully saturated rings. The Bertz CT molecular complexity index is 1270. The Morgan fingerprint density at radius 1 is 0.975 bits per heavy atom. The van der Waals surface area contributed by atoms with Gasteiger partial charge >= 0.3 is 0 Å². The van der Waals surface area contributed by atoms with E-state index in [0.29, 0.717) is 29.2 Å². The highest BCUT2D eigenvalue weighted by molar-refractivity contribution is 7.89. The van der Waals surface area contributed by atoms with E-state index in [0.717, 1.165) is 74.0 Å². The number of sulfonamides is 1. The molecule has 4 N–H and O–H groups in total. The summed E-state index contributed by atoms with van der Waals surface area (Å²) in [6, 6.07) is 13.3. The molecule has 3 rings (SSSR count). The number of hydrogen-bond donors (Lipinski definition) is 4. The van der Waals surface area contributed by atoms with Crippen molar-refractivity contribution in [1.29, 1.82) is 0 Å². The normalized spacial score (nSPS) is 19.2. The third-order valence-electron chi connectivity index (χ3n) is 7.24. The fourth-order valence-corrected chi connectivity index (χ4v) is 6.27. The zero-order chi connectivity index (χ0) is 29.0. The van der Waals surface area contributed by atoms with Crippen LogP contribution in [0.15, 0.2) is 69.2 Å². The van der Waals surface area contributed by atoms with Gasteiger partial charge in [-0.2, -0.15) is 4.99 Å². The Hall–Kier alpha value is -2.91. The lowest BCUT2D eigenvalue weighted by molar-refractivity contribution is 0.275. The van der Waals surface area contributed by atoms with Crippen molar-refractivity contribution < 1.29 is 8.42 Å². The number of benzene rings is 2. The van der Waals surface area contributed by atoms with E-state index < -0.39 is 10.0 Å². The maximum absolute atomic E-state index is 13.1. The minimum Gasteiger partial charge on any atom is -0.373 e. The molecule has 2 aromatic carbocycles. The van der Waals surface area contributed by atoms with Crippen molar-refractivity contribution in [2.75, 3.05) is 19.6 Å². The third kappa shape index (κ3) is 9.93. The molecule has 2 aromatic rings. The molecule has 1 saturated carbocycles. The fourth-order valence-electron chi connectivity index (χ4n) is 4.93. The Balaban J connectivity index is 1.49. The van der Waals surface area contributed by atoms with Crippen LogP contribution in [0.3, 0.4) is 0 Å². The van der Waals surface area contributed by atoms with Crippen LogP contribution in [0.2, 0.25) is 0 Å². The zero-order valence-electron chi connectivity index (χ0n) is 24.8. The molecule has 0 radical (unpaired) electrons.